The Bertz CT molecular complexity index is 1370. The predicted molar refractivity (Wildman–Crippen MR) is 163 cm³/mol. The van der Waals surface area contributed by atoms with E-state index >= 15 is 0 Å². The lowest BCUT2D eigenvalue weighted by Gasteiger charge is -2.33. The van der Waals surface area contributed by atoms with E-state index in [0.717, 1.165) is 53.0 Å². The second-order valence-electron chi connectivity index (χ2n) is 11.2. The Morgan fingerprint density at radius 1 is 0.829 bits per heavy atom. The van der Waals surface area contributed by atoms with Crippen LogP contribution in [0, 0.1) is 40.5 Å². The van der Waals surface area contributed by atoms with E-state index < -0.39 is 16.1 Å². The topological polar surface area (TPSA) is 88.1 Å². The molecule has 3 aromatic carbocycles. The third-order valence-corrected chi connectivity index (χ3v) is 10.6. The van der Waals surface area contributed by atoms with Gasteiger partial charge in [-0.3, -0.25) is 0 Å². The molecule has 0 aromatic heterocycles. The minimum absolute atomic E-state index is 0.183. The molecule has 0 unspecified atom stereocenters. The summed E-state index contributed by atoms with van der Waals surface area (Å²) >= 11 is 0. The number of hydrogen-bond donors (Lipinski definition) is 2. The minimum Gasteiger partial charge on any atom is -0.491 e. The van der Waals surface area contributed by atoms with Crippen molar-refractivity contribution >= 4 is 10.0 Å². The van der Waals surface area contributed by atoms with E-state index in [0.29, 0.717) is 42.8 Å². The summed E-state index contributed by atoms with van der Waals surface area (Å²) in [6.07, 6.45) is 0.933. The summed E-state index contributed by atoms with van der Waals surface area (Å²) in [7, 11) is -3.55. The molecule has 41 heavy (non-hydrogen) atoms. The van der Waals surface area contributed by atoms with Crippen molar-refractivity contribution in [3.8, 4) is 11.5 Å². The Hall–Kier alpha value is -2.91. The molecule has 0 spiro atoms. The molecule has 1 atom stereocenters. The summed E-state index contributed by atoms with van der Waals surface area (Å²) in [5.74, 6) is 1.80. The van der Waals surface area contributed by atoms with Crippen LogP contribution in [-0.2, 0) is 16.6 Å². The van der Waals surface area contributed by atoms with E-state index in [1.54, 1.807) is 4.31 Å². The van der Waals surface area contributed by atoms with Crippen LogP contribution in [-0.4, -0.2) is 56.7 Å². The molecule has 1 heterocycles. The monoisotopic (exact) mass is 580 g/mol. The van der Waals surface area contributed by atoms with Crippen LogP contribution in [0.5, 0.6) is 11.5 Å². The van der Waals surface area contributed by atoms with E-state index in [1.165, 1.54) is 5.56 Å². The molecule has 222 valence electrons. The maximum absolute atomic E-state index is 13.6. The van der Waals surface area contributed by atoms with Gasteiger partial charge in [-0.1, -0.05) is 30.3 Å². The largest absolute Gasteiger partial charge is 0.491 e. The van der Waals surface area contributed by atoms with Gasteiger partial charge in [0.1, 0.15) is 30.8 Å². The summed E-state index contributed by atoms with van der Waals surface area (Å²) in [6.45, 7) is 12.8. The van der Waals surface area contributed by atoms with Crippen molar-refractivity contribution in [3.05, 3.63) is 88.0 Å². The first kappa shape index (κ1) is 31.0. The lowest BCUT2D eigenvalue weighted by atomic mass is 9.95. The maximum atomic E-state index is 13.6. The first-order valence-corrected chi connectivity index (χ1v) is 15.9. The summed E-state index contributed by atoms with van der Waals surface area (Å²) in [4.78, 5) is 0.479. The van der Waals surface area contributed by atoms with Crippen molar-refractivity contribution in [2.45, 2.75) is 65.1 Å². The van der Waals surface area contributed by atoms with Gasteiger partial charge in [0.05, 0.1) is 4.90 Å². The number of nitrogens with zero attached hydrogens (tertiary/aromatic N) is 1. The molecule has 7 nitrogen and oxygen atoms in total. The van der Waals surface area contributed by atoms with E-state index in [2.05, 4.69) is 12.2 Å². The highest BCUT2D eigenvalue weighted by atomic mass is 32.2. The molecule has 1 aliphatic rings. The van der Waals surface area contributed by atoms with Gasteiger partial charge in [0.25, 0.3) is 0 Å². The van der Waals surface area contributed by atoms with Crippen LogP contribution >= 0.6 is 0 Å². The number of nitrogens with one attached hydrogen (secondary N) is 1. The third-order valence-electron chi connectivity index (χ3n) is 8.43. The van der Waals surface area contributed by atoms with Gasteiger partial charge in [0.2, 0.25) is 10.0 Å². The van der Waals surface area contributed by atoms with E-state index in [9.17, 15) is 13.5 Å². The van der Waals surface area contributed by atoms with Crippen molar-refractivity contribution in [2.24, 2.45) is 5.92 Å². The van der Waals surface area contributed by atoms with Crippen molar-refractivity contribution in [1.82, 2.24) is 9.62 Å². The van der Waals surface area contributed by atoms with Crippen LogP contribution in [0.2, 0.25) is 0 Å². The molecule has 0 bridgehead atoms. The number of sulfonamides is 1. The zero-order valence-corrected chi connectivity index (χ0v) is 25.8. The van der Waals surface area contributed by atoms with Gasteiger partial charge in [0, 0.05) is 19.6 Å². The van der Waals surface area contributed by atoms with Crippen LogP contribution < -0.4 is 14.8 Å². The Morgan fingerprint density at radius 3 is 1.95 bits per heavy atom. The van der Waals surface area contributed by atoms with Crippen LogP contribution in [0.15, 0.2) is 59.5 Å². The molecule has 1 aliphatic heterocycles. The van der Waals surface area contributed by atoms with Gasteiger partial charge in [-0.25, -0.2) is 8.42 Å². The molecule has 1 saturated heterocycles. The Kier molecular flexibility index (Phi) is 10.5. The molecular formula is C33H44N2O5S. The quantitative estimate of drug-likeness (QED) is 0.305. The summed E-state index contributed by atoms with van der Waals surface area (Å²) in [5.41, 5.74) is 6.10. The van der Waals surface area contributed by atoms with Crippen molar-refractivity contribution in [3.63, 3.8) is 0 Å². The van der Waals surface area contributed by atoms with Crippen molar-refractivity contribution in [2.75, 3.05) is 32.8 Å². The van der Waals surface area contributed by atoms with Crippen LogP contribution in [0.25, 0.3) is 0 Å². The summed E-state index contributed by atoms with van der Waals surface area (Å²) in [5, 5.41) is 13.7. The lowest BCUT2D eigenvalue weighted by Crippen LogP contribution is -2.42. The lowest BCUT2D eigenvalue weighted by molar-refractivity contribution is 0.104. The highest BCUT2D eigenvalue weighted by molar-refractivity contribution is 7.89. The predicted octanol–water partition coefficient (Wildman–Crippen LogP) is 5.24. The van der Waals surface area contributed by atoms with Gasteiger partial charge in [0.15, 0.2) is 0 Å². The molecule has 8 heteroatoms. The Labute approximate surface area is 245 Å². The average molecular weight is 581 g/mol. The SMILES string of the molecule is Cc1c(C)c(C)c(S(=O)(=O)N2CCC(CNC[C@H](O)COc3ccc(OCc4ccccc4)cc3)CC2)c(C)c1C. The van der Waals surface area contributed by atoms with Gasteiger partial charge < -0.3 is 19.9 Å². The number of aliphatic hydroxyl groups is 1. The van der Waals surface area contributed by atoms with Crippen LogP contribution in [0.4, 0.5) is 0 Å². The first-order chi connectivity index (χ1) is 19.6. The maximum Gasteiger partial charge on any atom is 0.243 e. The molecule has 1 fully saturated rings. The molecule has 3 aromatic rings. The van der Waals surface area contributed by atoms with E-state index in [4.69, 9.17) is 9.47 Å². The number of piperidine rings is 1. The highest BCUT2D eigenvalue weighted by Crippen LogP contribution is 2.33. The minimum atomic E-state index is -3.55. The number of hydrogen-bond acceptors (Lipinski definition) is 6. The van der Waals surface area contributed by atoms with E-state index in [1.807, 2.05) is 82.3 Å². The molecule has 0 aliphatic carbocycles. The number of rotatable bonds is 12. The molecular weight excluding hydrogens is 536 g/mol. The second-order valence-corrected chi connectivity index (χ2v) is 13.0. The fourth-order valence-electron chi connectivity index (χ4n) is 5.41. The molecule has 0 amide bonds. The number of benzene rings is 3. The zero-order valence-electron chi connectivity index (χ0n) is 24.9. The van der Waals surface area contributed by atoms with Crippen molar-refractivity contribution < 1.29 is 23.0 Å². The zero-order chi connectivity index (χ0) is 29.6. The molecule has 0 radical (unpaired) electrons. The Morgan fingerprint density at radius 2 is 1.37 bits per heavy atom. The summed E-state index contributed by atoms with van der Waals surface area (Å²) < 4.78 is 40.4. The Balaban J connectivity index is 1.17. The van der Waals surface area contributed by atoms with Crippen molar-refractivity contribution in [1.29, 1.82) is 0 Å². The fraction of sp³-hybridized carbons (Fsp3) is 0.455. The molecule has 0 saturated carbocycles. The molecule has 4 rings (SSSR count). The van der Waals surface area contributed by atoms with E-state index in [-0.39, 0.29) is 6.61 Å². The average Bonchev–Trinajstić information content (AvgIpc) is 2.98. The smallest absolute Gasteiger partial charge is 0.243 e. The van der Waals surface area contributed by atoms with Gasteiger partial charge in [-0.05, 0) is 118 Å². The highest BCUT2D eigenvalue weighted by Gasteiger charge is 2.32. The standard InChI is InChI=1S/C33H44N2O5S/c1-23-24(2)26(4)33(27(5)25(23)3)41(37,38)35-17-15-28(16-18-35)19-34-20-30(36)22-40-32-13-11-31(12-14-32)39-21-29-9-7-6-8-10-29/h6-14,28,30,34,36H,15-22H2,1-5H3/t30-/m0/s1. The first-order valence-electron chi connectivity index (χ1n) is 14.4. The van der Waals surface area contributed by atoms with Crippen LogP contribution in [0.3, 0.4) is 0 Å². The van der Waals surface area contributed by atoms with Gasteiger partial charge in [-0.2, -0.15) is 4.31 Å². The number of aliphatic hydroxyl groups excluding tert-OH is 1. The third kappa shape index (κ3) is 7.68. The fourth-order valence-corrected chi connectivity index (χ4v) is 7.44. The van der Waals surface area contributed by atoms with Gasteiger partial charge in [-0.15, -0.1) is 0 Å². The number of ether oxygens (including phenoxy) is 2. The summed E-state index contributed by atoms with van der Waals surface area (Å²) in [6, 6.07) is 17.4. The van der Waals surface area contributed by atoms with Crippen LogP contribution in [0.1, 0.15) is 46.2 Å². The second kappa shape index (κ2) is 13.8. The van der Waals surface area contributed by atoms with Gasteiger partial charge >= 0.3 is 0 Å². The normalized spacial score (nSPS) is 15.6. The molecule has 2 N–H and O–H groups in total.